The third kappa shape index (κ3) is 3.48. The smallest absolute Gasteiger partial charge is 0.278 e. The Kier molecular flexibility index (Phi) is 4.82. The molecule has 4 rings (SSSR count). The fourth-order valence-corrected chi connectivity index (χ4v) is 4.03. The van der Waals surface area contributed by atoms with Gasteiger partial charge in [-0.2, -0.15) is 0 Å². The molecule has 0 saturated heterocycles. The van der Waals surface area contributed by atoms with Crippen molar-refractivity contribution in [2.75, 3.05) is 0 Å². The standard InChI is InChI=1S/C24H25N3O2/c1-14-7-5-6-8-18(14)15(2)9-10-27-20-12-17(4)16(3)11-19(20)25-23-21(27)13-22(28)26-24(23)29/h5-8,11-13,15H,9-10H2,1-4H3,(H,26,28,29). The molecular weight excluding hydrogens is 362 g/mol. The average molecular weight is 387 g/mol. The van der Waals surface area contributed by atoms with E-state index in [1.54, 1.807) is 0 Å². The number of benzene rings is 2. The molecule has 1 N–H and O–H groups in total. The Morgan fingerprint density at radius 1 is 1.00 bits per heavy atom. The maximum absolute atomic E-state index is 12.4. The summed E-state index contributed by atoms with van der Waals surface area (Å²) in [7, 11) is 0. The second-order valence-corrected chi connectivity index (χ2v) is 7.93. The summed E-state index contributed by atoms with van der Waals surface area (Å²) in [5.74, 6) is 0.349. The number of hydrogen-bond acceptors (Lipinski definition) is 3. The van der Waals surface area contributed by atoms with Crippen molar-refractivity contribution >= 4 is 11.0 Å². The van der Waals surface area contributed by atoms with Crippen LogP contribution in [0.3, 0.4) is 0 Å². The first-order chi connectivity index (χ1) is 13.8. The topological polar surface area (TPSA) is 67.8 Å². The van der Waals surface area contributed by atoms with Gasteiger partial charge in [0.2, 0.25) is 0 Å². The van der Waals surface area contributed by atoms with Crippen LogP contribution in [0.5, 0.6) is 0 Å². The summed E-state index contributed by atoms with van der Waals surface area (Å²) in [6.07, 6.45) is 0.887. The van der Waals surface area contributed by atoms with Crippen molar-refractivity contribution in [3.05, 3.63) is 85.4 Å². The van der Waals surface area contributed by atoms with Gasteiger partial charge in [0.05, 0.1) is 16.7 Å². The van der Waals surface area contributed by atoms with E-state index >= 15 is 0 Å². The number of nitrogens with zero attached hydrogens (tertiary/aromatic N) is 2. The highest BCUT2D eigenvalue weighted by Gasteiger charge is 2.18. The Morgan fingerprint density at radius 2 is 1.72 bits per heavy atom. The summed E-state index contributed by atoms with van der Waals surface area (Å²) >= 11 is 0. The minimum atomic E-state index is -0.437. The van der Waals surface area contributed by atoms with Gasteiger partial charge < -0.3 is 4.57 Å². The van der Waals surface area contributed by atoms with Crippen LogP contribution in [0.2, 0.25) is 0 Å². The zero-order valence-electron chi connectivity index (χ0n) is 17.2. The summed E-state index contributed by atoms with van der Waals surface area (Å²) in [4.78, 5) is 31.4. The lowest BCUT2D eigenvalue weighted by molar-refractivity contribution is 0.585. The number of rotatable bonds is 4. The number of nitrogens with one attached hydrogen (secondary N) is 1. The van der Waals surface area contributed by atoms with Crippen molar-refractivity contribution in [2.24, 2.45) is 0 Å². The molecule has 2 aliphatic heterocycles. The first-order valence-electron chi connectivity index (χ1n) is 9.95. The van der Waals surface area contributed by atoms with Crippen molar-refractivity contribution in [1.82, 2.24) is 14.5 Å². The molecule has 0 aliphatic carbocycles. The Labute approximate surface area is 169 Å². The SMILES string of the molecule is Cc1cc2nc3c(=O)[nH]c(=O)cc-3n(CCC(C)c3ccccc3C)c2cc1C. The number of aromatic nitrogens is 3. The second-order valence-electron chi connectivity index (χ2n) is 7.93. The van der Waals surface area contributed by atoms with E-state index in [0.29, 0.717) is 23.9 Å². The predicted octanol–water partition coefficient (Wildman–Crippen LogP) is 4.31. The third-order valence-corrected chi connectivity index (χ3v) is 5.87. The van der Waals surface area contributed by atoms with Crippen LogP contribution >= 0.6 is 0 Å². The highest BCUT2D eigenvalue weighted by Crippen LogP contribution is 2.28. The van der Waals surface area contributed by atoms with Crippen molar-refractivity contribution in [2.45, 2.75) is 46.6 Å². The fraction of sp³-hybridized carbons (Fsp3) is 0.292. The van der Waals surface area contributed by atoms with Crippen molar-refractivity contribution in [3.63, 3.8) is 0 Å². The van der Waals surface area contributed by atoms with Crippen molar-refractivity contribution in [1.29, 1.82) is 0 Å². The van der Waals surface area contributed by atoms with Gasteiger partial charge in [0.25, 0.3) is 11.1 Å². The van der Waals surface area contributed by atoms with Crippen LogP contribution in [-0.4, -0.2) is 14.5 Å². The molecule has 1 unspecified atom stereocenters. The summed E-state index contributed by atoms with van der Waals surface area (Å²) in [5.41, 5.74) is 6.67. The van der Waals surface area contributed by atoms with E-state index in [2.05, 4.69) is 65.6 Å². The fourth-order valence-electron chi connectivity index (χ4n) is 4.03. The van der Waals surface area contributed by atoms with Gasteiger partial charge in [-0.3, -0.25) is 14.6 Å². The number of aromatic amines is 1. The molecule has 5 heteroatoms. The molecule has 148 valence electrons. The van der Waals surface area contributed by atoms with Gasteiger partial charge in [0, 0.05) is 12.6 Å². The van der Waals surface area contributed by atoms with Gasteiger partial charge in [-0.05, 0) is 67.5 Å². The summed E-state index contributed by atoms with van der Waals surface area (Å²) in [6, 6.07) is 14.0. The monoisotopic (exact) mass is 387 g/mol. The van der Waals surface area contributed by atoms with E-state index in [0.717, 1.165) is 28.6 Å². The van der Waals surface area contributed by atoms with Gasteiger partial charge in [-0.1, -0.05) is 31.2 Å². The van der Waals surface area contributed by atoms with E-state index in [1.165, 1.54) is 17.2 Å². The molecule has 0 spiro atoms. The number of pyridine rings is 1. The first-order valence-corrected chi connectivity index (χ1v) is 9.95. The van der Waals surface area contributed by atoms with E-state index < -0.39 is 11.1 Å². The van der Waals surface area contributed by atoms with Crippen LogP contribution in [0.25, 0.3) is 22.4 Å². The molecule has 0 aromatic heterocycles. The normalized spacial score (nSPS) is 12.6. The maximum Gasteiger partial charge on any atom is 0.278 e. The van der Waals surface area contributed by atoms with Crippen LogP contribution in [-0.2, 0) is 6.54 Å². The molecule has 2 heterocycles. The van der Waals surface area contributed by atoms with Gasteiger partial charge in [-0.25, -0.2) is 4.98 Å². The lowest BCUT2D eigenvalue weighted by atomic mass is 9.93. The van der Waals surface area contributed by atoms with Gasteiger partial charge in [0.1, 0.15) is 0 Å². The molecule has 0 fully saturated rings. The molecule has 1 atom stereocenters. The molecule has 0 saturated carbocycles. The molecular formula is C24H25N3O2. The molecule has 0 bridgehead atoms. The zero-order valence-corrected chi connectivity index (χ0v) is 17.2. The van der Waals surface area contributed by atoms with Gasteiger partial charge in [0.15, 0.2) is 5.69 Å². The molecule has 2 aliphatic rings. The Morgan fingerprint density at radius 3 is 2.48 bits per heavy atom. The van der Waals surface area contributed by atoms with Crippen LogP contribution in [0.15, 0.2) is 52.1 Å². The predicted molar refractivity (Wildman–Crippen MR) is 117 cm³/mol. The molecule has 0 radical (unpaired) electrons. The van der Waals surface area contributed by atoms with Crippen molar-refractivity contribution < 1.29 is 0 Å². The van der Waals surface area contributed by atoms with Crippen LogP contribution in [0.1, 0.15) is 41.5 Å². The van der Waals surface area contributed by atoms with Crippen LogP contribution in [0, 0.1) is 20.8 Å². The first kappa shape index (κ1) is 19.1. The Bertz CT molecular complexity index is 1300. The zero-order chi connectivity index (χ0) is 20.7. The van der Waals surface area contributed by atoms with Gasteiger partial charge in [-0.15, -0.1) is 0 Å². The lowest BCUT2D eigenvalue weighted by Gasteiger charge is -2.21. The lowest BCUT2D eigenvalue weighted by Crippen LogP contribution is -2.25. The molecule has 29 heavy (non-hydrogen) atoms. The Balaban J connectivity index is 1.86. The highest BCUT2D eigenvalue weighted by molar-refractivity contribution is 5.81. The number of fused-ring (bicyclic) bond motifs is 2. The summed E-state index contributed by atoms with van der Waals surface area (Å²) in [5, 5.41) is 0. The number of hydrogen-bond donors (Lipinski definition) is 1. The highest BCUT2D eigenvalue weighted by atomic mass is 16.2. The quantitative estimate of drug-likeness (QED) is 0.531. The largest absolute Gasteiger partial charge is 0.338 e. The van der Waals surface area contributed by atoms with E-state index in [9.17, 15) is 9.59 Å². The molecule has 0 amide bonds. The van der Waals surface area contributed by atoms with Gasteiger partial charge >= 0.3 is 0 Å². The minimum Gasteiger partial charge on any atom is -0.338 e. The molecule has 2 aromatic carbocycles. The van der Waals surface area contributed by atoms with Crippen LogP contribution < -0.4 is 11.1 Å². The number of H-pyrrole nitrogens is 1. The van der Waals surface area contributed by atoms with E-state index in [-0.39, 0.29) is 0 Å². The van der Waals surface area contributed by atoms with E-state index in [4.69, 9.17) is 0 Å². The van der Waals surface area contributed by atoms with E-state index in [1.807, 2.05) is 13.0 Å². The third-order valence-electron chi connectivity index (χ3n) is 5.87. The minimum absolute atomic E-state index is 0.309. The molecule has 2 aromatic rings. The summed E-state index contributed by atoms with van der Waals surface area (Å²) < 4.78 is 2.08. The Hall–Kier alpha value is -3.21. The molecule has 5 nitrogen and oxygen atoms in total. The average Bonchev–Trinajstić information content (AvgIpc) is 2.67. The van der Waals surface area contributed by atoms with Crippen LogP contribution in [0.4, 0.5) is 0 Å². The van der Waals surface area contributed by atoms with Crippen molar-refractivity contribution in [3.8, 4) is 11.4 Å². The summed E-state index contributed by atoms with van der Waals surface area (Å²) in [6.45, 7) is 9.14. The number of aryl methyl sites for hydroxylation is 4. The maximum atomic E-state index is 12.4. The second kappa shape index (κ2) is 7.32.